The highest BCUT2D eigenvalue weighted by atomic mass is 79.9. The van der Waals surface area contributed by atoms with Crippen molar-refractivity contribution in [2.24, 2.45) is 0 Å². The first-order chi connectivity index (χ1) is 12.0. The number of amides is 1. The van der Waals surface area contributed by atoms with Crippen LogP contribution in [0.4, 0.5) is 5.69 Å². The second-order valence-corrected chi connectivity index (χ2v) is 7.52. The lowest BCUT2D eigenvalue weighted by molar-refractivity contribution is -0.113. The predicted molar refractivity (Wildman–Crippen MR) is 105 cm³/mol. The quantitative estimate of drug-likeness (QED) is 0.513. The van der Waals surface area contributed by atoms with E-state index in [0.29, 0.717) is 16.0 Å². The predicted octanol–water partition coefficient (Wildman–Crippen LogP) is 5.80. The van der Waals surface area contributed by atoms with Gasteiger partial charge in [0.25, 0.3) is 5.22 Å². The molecule has 4 nitrogen and oxygen atoms in total. The topological polar surface area (TPSA) is 55.1 Å². The van der Waals surface area contributed by atoms with E-state index in [-0.39, 0.29) is 11.7 Å². The smallest absolute Gasteiger partial charge is 0.256 e. The number of halogens is 2. The molecule has 0 saturated carbocycles. The second kappa shape index (κ2) is 8.08. The van der Waals surface area contributed by atoms with Crippen LogP contribution >= 0.6 is 39.3 Å². The Bertz CT molecular complexity index is 896. The van der Waals surface area contributed by atoms with E-state index in [2.05, 4.69) is 26.2 Å². The van der Waals surface area contributed by atoms with Crippen LogP contribution in [0.3, 0.4) is 0 Å². The molecule has 0 aliphatic heterocycles. The first-order valence-corrected chi connectivity index (χ1v) is 9.57. The van der Waals surface area contributed by atoms with Gasteiger partial charge < -0.3 is 9.73 Å². The molecule has 25 heavy (non-hydrogen) atoms. The minimum absolute atomic E-state index is 0.113. The van der Waals surface area contributed by atoms with Crippen molar-refractivity contribution >= 4 is 50.9 Å². The van der Waals surface area contributed by atoms with Crippen molar-refractivity contribution in [3.63, 3.8) is 0 Å². The zero-order valence-electron chi connectivity index (χ0n) is 13.3. The number of hydrogen-bond acceptors (Lipinski definition) is 4. The second-order valence-electron chi connectivity index (χ2n) is 5.30. The molecule has 1 amide bonds. The maximum Gasteiger partial charge on any atom is 0.256 e. The Morgan fingerprint density at radius 1 is 1.28 bits per heavy atom. The molecular weight excluding hydrogens is 424 g/mol. The van der Waals surface area contributed by atoms with Gasteiger partial charge in [0.15, 0.2) is 5.76 Å². The van der Waals surface area contributed by atoms with Gasteiger partial charge in [0.05, 0.1) is 11.9 Å². The molecule has 0 unspecified atom stereocenters. The van der Waals surface area contributed by atoms with Crippen molar-refractivity contribution in [2.75, 3.05) is 11.1 Å². The number of benzene rings is 2. The van der Waals surface area contributed by atoms with Crippen LogP contribution in [0.5, 0.6) is 0 Å². The van der Waals surface area contributed by atoms with Crippen molar-refractivity contribution in [1.29, 1.82) is 0 Å². The fraction of sp³-hybridized carbons (Fsp3) is 0.111. The Morgan fingerprint density at radius 3 is 2.76 bits per heavy atom. The average Bonchev–Trinajstić information content (AvgIpc) is 3.06. The van der Waals surface area contributed by atoms with Gasteiger partial charge in [-0.1, -0.05) is 39.3 Å². The molecule has 0 radical (unpaired) electrons. The summed E-state index contributed by atoms with van der Waals surface area (Å²) in [7, 11) is 0. The SMILES string of the molecule is Cc1cc(NC(=O)CSc2ncc(-c3ccc(Cl)cc3)o2)ccc1Br. The molecule has 0 spiro atoms. The van der Waals surface area contributed by atoms with Crippen LogP contribution < -0.4 is 5.32 Å². The van der Waals surface area contributed by atoms with Gasteiger partial charge in [-0.2, -0.15) is 0 Å². The highest BCUT2D eigenvalue weighted by Crippen LogP contribution is 2.26. The lowest BCUT2D eigenvalue weighted by Gasteiger charge is -2.06. The third kappa shape index (κ3) is 4.87. The number of aromatic nitrogens is 1. The normalized spacial score (nSPS) is 10.7. The van der Waals surface area contributed by atoms with E-state index in [0.717, 1.165) is 21.3 Å². The molecule has 1 heterocycles. The van der Waals surface area contributed by atoms with E-state index in [9.17, 15) is 4.79 Å². The Labute approximate surface area is 163 Å². The molecule has 1 N–H and O–H groups in total. The van der Waals surface area contributed by atoms with Crippen LogP contribution in [-0.2, 0) is 4.79 Å². The molecular formula is C18H14BrClN2O2S. The summed E-state index contributed by atoms with van der Waals surface area (Å²) in [6, 6.07) is 13.0. The Hall–Kier alpha value is -1.76. The molecule has 128 valence electrons. The van der Waals surface area contributed by atoms with E-state index in [1.165, 1.54) is 11.8 Å². The van der Waals surface area contributed by atoms with Gasteiger partial charge in [-0.3, -0.25) is 4.79 Å². The number of hydrogen-bond donors (Lipinski definition) is 1. The van der Waals surface area contributed by atoms with Crippen LogP contribution in [-0.4, -0.2) is 16.6 Å². The standard InChI is InChI=1S/C18H14BrClN2O2S/c1-11-8-14(6-7-15(11)19)22-17(23)10-25-18-21-9-16(24-18)12-2-4-13(20)5-3-12/h2-9H,10H2,1H3,(H,22,23). The van der Waals surface area contributed by atoms with Gasteiger partial charge >= 0.3 is 0 Å². The fourth-order valence-corrected chi connectivity index (χ4v) is 3.09. The van der Waals surface area contributed by atoms with Crippen molar-refractivity contribution in [3.05, 3.63) is 63.7 Å². The number of carbonyl (C=O) groups excluding carboxylic acids is 1. The Kier molecular flexibility index (Phi) is 5.83. The fourth-order valence-electron chi connectivity index (χ4n) is 2.12. The summed E-state index contributed by atoms with van der Waals surface area (Å²) >= 11 is 10.6. The van der Waals surface area contributed by atoms with E-state index >= 15 is 0 Å². The van der Waals surface area contributed by atoms with Crippen LogP contribution in [0.2, 0.25) is 5.02 Å². The molecule has 0 atom stereocenters. The summed E-state index contributed by atoms with van der Waals surface area (Å²) in [5.41, 5.74) is 2.71. The van der Waals surface area contributed by atoms with Gasteiger partial charge in [-0.05, 0) is 55.0 Å². The highest BCUT2D eigenvalue weighted by Gasteiger charge is 2.10. The van der Waals surface area contributed by atoms with Crippen LogP contribution in [0.25, 0.3) is 11.3 Å². The maximum absolute atomic E-state index is 12.1. The molecule has 7 heteroatoms. The molecule has 2 aromatic carbocycles. The van der Waals surface area contributed by atoms with E-state index < -0.39 is 0 Å². The minimum atomic E-state index is -0.113. The molecule has 0 fully saturated rings. The number of anilines is 1. The monoisotopic (exact) mass is 436 g/mol. The first-order valence-electron chi connectivity index (χ1n) is 7.42. The molecule has 0 saturated heterocycles. The number of nitrogens with zero attached hydrogens (tertiary/aromatic N) is 1. The van der Waals surface area contributed by atoms with Crippen molar-refractivity contribution in [3.8, 4) is 11.3 Å². The van der Waals surface area contributed by atoms with E-state index in [4.69, 9.17) is 16.0 Å². The summed E-state index contributed by atoms with van der Waals surface area (Å²) in [5, 5.41) is 3.98. The summed E-state index contributed by atoms with van der Waals surface area (Å²) < 4.78 is 6.68. The summed E-state index contributed by atoms with van der Waals surface area (Å²) in [5.74, 6) is 0.747. The number of oxazole rings is 1. The highest BCUT2D eigenvalue weighted by molar-refractivity contribution is 9.10. The van der Waals surface area contributed by atoms with E-state index in [1.807, 2.05) is 37.3 Å². The number of aryl methyl sites for hydroxylation is 1. The molecule has 0 aliphatic rings. The van der Waals surface area contributed by atoms with Crippen LogP contribution in [0.1, 0.15) is 5.56 Å². The largest absolute Gasteiger partial charge is 0.431 e. The van der Waals surface area contributed by atoms with Gasteiger partial charge in [-0.25, -0.2) is 4.98 Å². The third-order valence-electron chi connectivity index (χ3n) is 3.38. The van der Waals surface area contributed by atoms with Crippen LogP contribution in [0, 0.1) is 6.92 Å². The number of rotatable bonds is 5. The first kappa shape index (κ1) is 18.0. The van der Waals surface area contributed by atoms with Gasteiger partial charge in [0.2, 0.25) is 5.91 Å². The van der Waals surface area contributed by atoms with Gasteiger partial charge in [0.1, 0.15) is 0 Å². The number of carbonyl (C=O) groups is 1. The molecule has 3 rings (SSSR count). The zero-order chi connectivity index (χ0) is 17.8. The van der Waals surface area contributed by atoms with Crippen LogP contribution in [0.15, 0.2) is 62.8 Å². The molecule has 1 aromatic heterocycles. The number of thioether (sulfide) groups is 1. The summed E-state index contributed by atoms with van der Waals surface area (Å²) in [4.78, 5) is 16.3. The zero-order valence-corrected chi connectivity index (χ0v) is 16.4. The van der Waals surface area contributed by atoms with Gasteiger partial charge in [-0.15, -0.1) is 0 Å². The lowest BCUT2D eigenvalue weighted by Crippen LogP contribution is -2.14. The number of nitrogens with one attached hydrogen (secondary N) is 1. The van der Waals surface area contributed by atoms with Gasteiger partial charge in [0, 0.05) is 20.7 Å². The Balaban J connectivity index is 1.57. The third-order valence-corrected chi connectivity index (χ3v) is 5.37. The Morgan fingerprint density at radius 2 is 2.04 bits per heavy atom. The molecule has 3 aromatic rings. The summed E-state index contributed by atoms with van der Waals surface area (Å²) in [6.45, 7) is 1.97. The van der Waals surface area contributed by atoms with Crippen molar-refractivity contribution in [1.82, 2.24) is 4.98 Å². The van der Waals surface area contributed by atoms with Crippen molar-refractivity contribution in [2.45, 2.75) is 12.1 Å². The van der Waals surface area contributed by atoms with Crippen molar-refractivity contribution < 1.29 is 9.21 Å². The van der Waals surface area contributed by atoms with E-state index in [1.54, 1.807) is 18.3 Å². The summed E-state index contributed by atoms with van der Waals surface area (Å²) in [6.07, 6.45) is 1.64. The average molecular weight is 438 g/mol. The lowest BCUT2D eigenvalue weighted by atomic mass is 10.2. The molecule has 0 aliphatic carbocycles. The minimum Gasteiger partial charge on any atom is -0.431 e. The maximum atomic E-state index is 12.1. The molecule has 0 bridgehead atoms.